The van der Waals surface area contributed by atoms with E-state index in [9.17, 15) is 9.18 Å². The second-order valence-corrected chi connectivity index (χ2v) is 4.82. The van der Waals surface area contributed by atoms with Crippen LogP contribution in [0, 0.1) is 9.39 Å². The van der Waals surface area contributed by atoms with Gasteiger partial charge in [0.15, 0.2) is 0 Å². The third kappa shape index (κ3) is 3.38. The predicted octanol–water partition coefficient (Wildman–Crippen LogP) is 2.36. The molecule has 98 valence electrons. The molecule has 5 nitrogen and oxygen atoms in total. The SMILES string of the molecule is NNc1ccc(C(=O)Nc2ccc(F)cc2I)nc1. The molecular weight excluding hydrogens is 362 g/mol. The monoisotopic (exact) mass is 372 g/mol. The molecule has 2 aromatic rings. The van der Waals surface area contributed by atoms with E-state index in [1.807, 2.05) is 22.6 Å². The number of anilines is 2. The van der Waals surface area contributed by atoms with Crippen molar-refractivity contribution in [2.45, 2.75) is 0 Å². The molecule has 0 radical (unpaired) electrons. The highest BCUT2D eigenvalue weighted by atomic mass is 127. The molecule has 0 saturated carbocycles. The van der Waals surface area contributed by atoms with Crippen LogP contribution in [-0.4, -0.2) is 10.9 Å². The van der Waals surface area contributed by atoms with E-state index in [4.69, 9.17) is 5.84 Å². The van der Waals surface area contributed by atoms with Crippen LogP contribution in [-0.2, 0) is 0 Å². The van der Waals surface area contributed by atoms with Crippen molar-refractivity contribution in [1.29, 1.82) is 0 Å². The first-order chi connectivity index (χ1) is 9.10. The van der Waals surface area contributed by atoms with Crippen molar-refractivity contribution in [1.82, 2.24) is 4.98 Å². The van der Waals surface area contributed by atoms with E-state index in [1.54, 1.807) is 12.1 Å². The zero-order chi connectivity index (χ0) is 13.8. The number of carbonyl (C=O) groups excluding carboxylic acids is 1. The first-order valence-electron chi connectivity index (χ1n) is 5.29. The fraction of sp³-hybridized carbons (Fsp3) is 0. The molecule has 0 atom stereocenters. The molecule has 0 spiro atoms. The van der Waals surface area contributed by atoms with Crippen molar-refractivity contribution in [2.75, 3.05) is 10.7 Å². The number of nitrogens with two attached hydrogens (primary N) is 1. The van der Waals surface area contributed by atoms with Gasteiger partial charge in [-0.3, -0.25) is 10.6 Å². The minimum Gasteiger partial charge on any atom is -0.323 e. The average molecular weight is 372 g/mol. The van der Waals surface area contributed by atoms with Crippen LogP contribution >= 0.6 is 22.6 Å². The Morgan fingerprint density at radius 3 is 2.68 bits per heavy atom. The second kappa shape index (κ2) is 5.93. The number of halogens is 2. The van der Waals surface area contributed by atoms with Gasteiger partial charge in [0.25, 0.3) is 5.91 Å². The van der Waals surface area contributed by atoms with Crippen LogP contribution in [0.2, 0.25) is 0 Å². The van der Waals surface area contributed by atoms with Gasteiger partial charge in [-0.1, -0.05) is 0 Å². The van der Waals surface area contributed by atoms with Gasteiger partial charge in [-0.05, 0) is 52.9 Å². The van der Waals surface area contributed by atoms with Crippen molar-refractivity contribution in [3.05, 3.63) is 51.6 Å². The van der Waals surface area contributed by atoms with Gasteiger partial charge in [-0.25, -0.2) is 9.37 Å². The Morgan fingerprint density at radius 2 is 2.11 bits per heavy atom. The summed E-state index contributed by atoms with van der Waals surface area (Å²) in [5.74, 6) is 4.49. The van der Waals surface area contributed by atoms with Gasteiger partial charge in [0.2, 0.25) is 0 Å². The van der Waals surface area contributed by atoms with Crippen LogP contribution in [0.15, 0.2) is 36.5 Å². The summed E-state index contributed by atoms with van der Waals surface area (Å²) in [5.41, 5.74) is 3.81. The van der Waals surface area contributed by atoms with Crippen LogP contribution in [0.25, 0.3) is 0 Å². The molecule has 0 unspecified atom stereocenters. The smallest absolute Gasteiger partial charge is 0.274 e. The fourth-order valence-corrected chi connectivity index (χ4v) is 2.00. The molecule has 1 amide bonds. The lowest BCUT2D eigenvalue weighted by Crippen LogP contribution is -2.15. The summed E-state index contributed by atoms with van der Waals surface area (Å²) in [6.45, 7) is 0. The second-order valence-electron chi connectivity index (χ2n) is 3.65. The largest absolute Gasteiger partial charge is 0.323 e. The number of hydrogen-bond donors (Lipinski definition) is 3. The highest BCUT2D eigenvalue weighted by Gasteiger charge is 2.10. The summed E-state index contributed by atoms with van der Waals surface area (Å²) in [4.78, 5) is 15.9. The third-order valence-electron chi connectivity index (χ3n) is 2.34. The van der Waals surface area contributed by atoms with Crippen LogP contribution in [0.5, 0.6) is 0 Å². The predicted molar refractivity (Wildman–Crippen MR) is 79.1 cm³/mol. The van der Waals surface area contributed by atoms with E-state index in [1.165, 1.54) is 24.4 Å². The van der Waals surface area contributed by atoms with Crippen molar-refractivity contribution in [2.24, 2.45) is 5.84 Å². The topological polar surface area (TPSA) is 80.0 Å². The van der Waals surface area contributed by atoms with Gasteiger partial charge in [0.05, 0.1) is 17.6 Å². The molecule has 7 heteroatoms. The summed E-state index contributed by atoms with van der Waals surface area (Å²) in [6.07, 6.45) is 1.45. The number of pyridine rings is 1. The highest BCUT2D eigenvalue weighted by Crippen LogP contribution is 2.19. The summed E-state index contributed by atoms with van der Waals surface area (Å²) < 4.78 is 13.6. The highest BCUT2D eigenvalue weighted by molar-refractivity contribution is 14.1. The number of amides is 1. The minimum atomic E-state index is -0.368. The average Bonchev–Trinajstić information content (AvgIpc) is 2.42. The summed E-state index contributed by atoms with van der Waals surface area (Å²) in [7, 11) is 0. The summed E-state index contributed by atoms with van der Waals surface area (Å²) in [5, 5.41) is 2.66. The molecule has 1 aromatic heterocycles. The Kier molecular flexibility index (Phi) is 4.27. The van der Waals surface area contributed by atoms with Crippen LogP contribution in [0.1, 0.15) is 10.5 Å². The van der Waals surface area contributed by atoms with E-state index in [2.05, 4.69) is 15.7 Å². The zero-order valence-corrected chi connectivity index (χ0v) is 11.8. The number of aromatic nitrogens is 1. The number of carbonyl (C=O) groups is 1. The van der Waals surface area contributed by atoms with Crippen molar-refractivity contribution >= 4 is 39.9 Å². The Balaban J connectivity index is 2.15. The minimum absolute atomic E-state index is 0.249. The molecule has 2 rings (SSSR count). The van der Waals surface area contributed by atoms with Crippen LogP contribution in [0.3, 0.4) is 0 Å². The molecule has 0 aliphatic rings. The standard InChI is InChI=1S/C12H10FIN4O/c13-7-1-3-10(9(14)5-7)17-12(19)11-4-2-8(18-15)6-16-11/h1-6,18H,15H2,(H,17,19). The molecule has 1 aromatic carbocycles. The lowest BCUT2D eigenvalue weighted by atomic mass is 10.3. The van der Waals surface area contributed by atoms with Gasteiger partial charge >= 0.3 is 0 Å². The van der Waals surface area contributed by atoms with E-state index in [0.717, 1.165) is 0 Å². The molecule has 0 aliphatic carbocycles. The van der Waals surface area contributed by atoms with E-state index in [0.29, 0.717) is 14.9 Å². The van der Waals surface area contributed by atoms with Gasteiger partial charge < -0.3 is 10.7 Å². The lowest BCUT2D eigenvalue weighted by molar-refractivity contribution is 0.102. The maximum Gasteiger partial charge on any atom is 0.274 e. The number of hydrogen-bond acceptors (Lipinski definition) is 4. The molecular formula is C12H10FIN4O. The van der Waals surface area contributed by atoms with Crippen LogP contribution < -0.4 is 16.6 Å². The maximum atomic E-state index is 12.9. The van der Waals surface area contributed by atoms with E-state index < -0.39 is 0 Å². The van der Waals surface area contributed by atoms with Gasteiger partial charge in [0.1, 0.15) is 11.5 Å². The molecule has 1 heterocycles. The van der Waals surface area contributed by atoms with Crippen molar-refractivity contribution in [3.8, 4) is 0 Å². The normalized spacial score (nSPS) is 10.1. The quantitative estimate of drug-likeness (QED) is 0.439. The van der Waals surface area contributed by atoms with Crippen molar-refractivity contribution in [3.63, 3.8) is 0 Å². The molecule has 0 aliphatic heterocycles. The van der Waals surface area contributed by atoms with E-state index in [-0.39, 0.29) is 17.4 Å². The van der Waals surface area contributed by atoms with Gasteiger partial charge in [-0.15, -0.1) is 0 Å². The number of rotatable bonds is 3. The number of benzene rings is 1. The Hall–Kier alpha value is -1.74. The summed E-state index contributed by atoms with van der Waals surface area (Å²) >= 11 is 1.95. The number of hydrazine groups is 1. The Bertz CT molecular complexity index is 603. The maximum absolute atomic E-state index is 12.9. The van der Waals surface area contributed by atoms with Gasteiger partial charge in [0, 0.05) is 3.57 Å². The van der Waals surface area contributed by atoms with Crippen LogP contribution in [0.4, 0.5) is 15.8 Å². The van der Waals surface area contributed by atoms with Gasteiger partial charge in [-0.2, -0.15) is 0 Å². The third-order valence-corrected chi connectivity index (χ3v) is 3.23. The fourth-order valence-electron chi connectivity index (χ4n) is 1.39. The molecule has 0 fully saturated rings. The first kappa shape index (κ1) is 13.7. The molecule has 0 saturated heterocycles. The molecule has 19 heavy (non-hydrogen) atoms. The number of nitrogen functional groups attached to an aromatic ring is 1. The van der Waals surface area contributed by atoms with Crippen molar-refractivity contribution < 1.29 is 9.18 Å². The number of nitrogens with one attached hydrogen (secondary N) is 2. The summed E-state index contributed by atoms with van der Waals surface area (Å²) in [6, 6.07) is 7.31. The van der Waals surface area contributed by atoms with E-state index >= 15 is 0 Å². The zero-order valence-electron chi connectivity index (χ0n) is 9.65. The molecule has 4 N–H and O–H groups in total. The lowest BCUT2D eigenvalue weighted by Gasteiger charge is -2.07. The number of nitrogens with zero attached hydrogens (tertiary/aromatic N) is 1. The molecule has 0 bridgehead atoms. The Morgan fingerprint density at radius 1 is 1.32 bits per heavy atom. The first-order valence-corrected chi connectivity index (χ1v) is 6.37. The Labute approximate surface area is 122 Å².